The van der Waals surface area contributed by atoms with Gasteiger partial charge in [0.25, 0.3) is 0 Å². The molecule has 0 heterocycles. The minimum Gasteiger partial charge on any atom is -0.348 e. The zero-order valence-corrected chi connectivity index (χ0v) is 13.9. The summed E-state index contributed by atoms with van der Waals surface area (Å²) < 4.78 is 26.0. The number of hydrogen-bond donors (Lipinski definition) is 1. The van der Waals surface area contributed by atoms with Gasteiger partial charge in [-0.15, -0.1) is 11.8 Å². The SMILES string of the molecule is CC(C)C(NC(=O)CSc1ccc(F)c(F)c1)c1ccccc1. The topological polar surface area (TPSA) is 29.1 Å². The van der Waals surface area contributed by atoms with Gasteiger partial charge in [-0.2, -0.15) is 0 Å². The second-order valence-electron chi connectivity index (χ2n) is 5.56. The molecule has 0 saturated heterocycles. The van der Waals surface area contributed by atoms with E-state index in [1.54, 1.807) is 0 Å². The standard InChI is InChI=1S/C18H19F2NOS/c1-12(2)18(13-6-4-3-5-7-13)21-17(22)11-23-14-8-9-15(19)16(20)10-14/h3-10,12,18H,11H2,1-2H3,(H,21,22). The Labute approximate surface area is 139 Å². The molecule has 2 nitrogen and oxygen atoms in total. The van der Waals surface area contributed by atoms with Crippen molar-refractivity contribution in [2.75, 3.05) is 5.75 Å². The average Bonchev–Trinajstić information content (AvgIpc) is 2.54. The third-order valence-electron chi connectivity index (χ3n) is 3.40. The number of halogens is 2. The van der Waals surface area contributed by atoms with E-state index in [1.165, 1.54) is 17.8 Å². The highest BCUT2D eigenvalue weighted by Gasteiger charge is 2.18. The number of benzene rings is 2. The van der Waals surface area contributed by atoms with Gasteiger partial charge in [0.15, 0.2) is 11.6 Å². The summed E-state index contributed by atoms with van der Waals surface area (Å²) in [5, 5.41) is 3.00. The molecule has 0 radical (unpaired) electrons. The Kier molecular flexibility index (Phi) is 6.16. The molecule has 0 aliphatic rings. The molecule has 1 amide bonds. The second-order valence-corrected chi connectivity index (χ2v) is 6.61. The lowest BCUT2D eigenvalue weighted by Gasteiger charge is -2.23. The Morgan fingerprint density at radius 2 is 1.78 bits per heavy atom. The number of nitrogens with one attached hydrogen (secondary N) is 1. The van der Waals surface area contributed by atoms with Crippen LogP contribution in [0.25, 0.3) is 0 Å². The van der Waals surface area contributed by atoms with Crippen LogP contribution >= 0.6 is 11.8 Å². The van der Waals surface area contributed by atoms with Gasteiger partial charge in [-0.1, -0.05) is 44.2 Å². The third kappa shape index (κ3) is 5.06. The fourth-order valence-electron chi connectivity index (χ4n) is 2.23. The van der Waals surface area contributed by atoms with Crippen LogP contribution in [0.15, 0.2) is 53.4 Å². The molecule has 122 valence electrons. The number of rotatable bonds is 6. The van der Waals surface area contributed by atoms with Gasteiger partial charge in [-0.25, -0.2) is 8.78 Å². The Morgan fingerprint density at radius 3 is 2.39 bits per heavy atom. The van der Waals surface area contributed by atoms with Crippen LogP contribution in [0.2, 0.25) is 0 Å². The van der Waals surface area contributed by atoms with Gasteiger partial charge in [-0.3, -0.25) is 4.79 Å². The van der Waals surface area contributed by atoms with Crippen molar-refractivity contribution in [3.05, 3.63) is 65.7 Å². The van der Waals surface area contributed by atoms with E-state index in [0.717, 1.165) is 17.7 Å². The van der Waals surface area contributed by atoms with Gasteiger partial charge >= 0.3 is 0 Å². The molecule has 1 N–H and O–H groups in total. The van der Waals surface area contributed by atoms with Crippen molar-refractivity contribution in [3.63, 3.8) is 0 Å². The molecule has 2 rings (SSSR count). The lowest BCUT2D eigenvalue weighted by atomic mass is 9.96. The fourth-order valence-corrected chi connectivity index (χ4v) is 2.96. The maximum absolute atomic E-state index is 13.2. The van der Waals surface area contributed by atoms with Crippen LogP contribution in [-0.2, 0) is 4.79 Å². The van der Waals surface area contributed by atoms with Crippen molar-refractivity contribution in [1.29, 1.82) is 0 Å². The largest absolute Gasteiger partial charge is 0.348 e. The fraction of sp³-hybridized carbons (Fsp3) is 0.278. The molecule has 2 aromatic carbocycles. The quantitative estimate of drug-likeness (QED) is 0.784. The van der Waals surface area contributed by atoms with Crippen LogP contribution in [0.4, 0.5) is 8.78 Å². The van der Waals surface area contributed by atoms with Crippen molar-refractivity contribution >= 4 is 17.7 Å². The van der Waals surface area contributed by atoms with Crippen molar-refractivity contribution in [2.24, 2.45) is 5.92 Å². The number of amides is 1. The highest BCUT2D eigenvalue weighted by Crippen LogP contribution is 2.23. The summed E-state index contributed by atoms with van der Waals surface area (Å²) in [6, 6.07) is 13.3. The van der Waals surface area contributed by atoms with Crippen LogP contribution in [0.5, 0.6) is 0 Å². The molecular formula is C18H19F2NOS. The Balaban J connectivity index is 1.95. The maximum Gasteiger partial charge on any atom is 0.230 e. The molecule has 0 aliphatic carbocycles. The summed E-state index contributed by atoms with van der Waals surface area (Å²) in [6.07, 6.45) is 0. The molecule has 0 spiro atoms. The molecule has 23 heavy (non-hydrogen) atoms. The van der Waals surface area contributed by atoms with Gasteiger partial charge in [0.1, 0.15) is 0 Å². The van der Waals surface area contributed by atoms with E-state index in [-0.39, 0.29) is 23.6 Å². The van der Waals surface area contributed by atoms with Gasteiger partial charge in [-0.05, 0) is 29.7 Å². The normalized spacial score (nSPS) is 12.2. The molecule has 0 aliphatic heterocycles. The van der Waals surface area contributed by atoms with E-state index in [4.69, 9.17) is 0 Å². The van der Waals surface area contributed by atoms with Crippen molar-refractivity contribution in [2.45, 2.75) is 24.8 Å². The Morgan fingerprint density at radius 1 is 1.09 bits per heavy atom. The first-order valence-electron chi connectivity index (χ1n) is 7.39. The predicted octanol–water partition coefficient (Wildman–Crippen LogP) is 4.57. The van der Waals surface area contributed by atoms with E-state index in [1.807, 2.05) is 44.2 Å². The zero-order chi connectivity index (χ0) is 16.8. The molecule has 5 heteroatoms. The van der Waals surface area contributed by atoms with Gasteiger partial charge < -0.3 is 5.32 Å². The lowest BCUT2D eigenvalue weighted by Crippen LogP contribution is -2.32. The third-order valence-corrected chi connectivity index (χ3v) is 4.40. The zero-order valence-electron chi connectivity index (χ0n) is 13.1. The molecule has 1 unspecified atom stereocenters. The minimum absolute atomic E-state index is 0.0748. The summed E-state index contributed by atoms with van der Waals surface area (Å²) >= 11 is 1.18. The van der Waals surface area contributed by atoms with E-state index in [9.17, 15) is 13.6 Å². The average molecular weight is 335 g/mol. The van der Waals surface area contributed by atoms with Crippen molar-refractivity contribution < 1.29 is 13.6 Å². The van der Waals surface area contributed by atoms with E-state index < -0.39 is 11.6 Å². The predicted molar refractivity (Wildman–Crippen MR) is 89.2 cm³/mol. The maximum atomic E-state index is 13.2. The first-order valence-corrected chi connectivity index (χ1v) is 8.38. The molecule has 2 aromatic rings. The number of carbonyl (C=O) groups is 1. The van der Waals surface area contributed by atoms with E-state index in [2.05, 4.69) is 5.32 Å². The molecular weight excluding hydrogens is 316 g/mol. The number of thioether (sulfide) groups is 1. The molecule has 0 fully saturated rings. The Hall–Kier alpha value is -1.88. The van der Waals surface area contributed by atoms with E-state index in [0.29, 0.717) is 4.90 Å². The molecule has 0 saturated carbocycles. The number of carbonyl (C=O) groups excluding carboxylic acids is 1. The second kappa shape index (κ2) is 8.11. The smallest absolute Gasteiger partial charge is 0.230 e. The van der Waals surface area contributed by atoms with Crippen LogP contribution in [-0.4, -0.2) is 11.7 Å². The summed E-state index contributed by atoms with van der Waals surface area (Å²) in [7, 11) is 0. The first-order chi connectivity index (χ1) is 11.0. The lowest BCUT2D eigenvalue weighted by molar-refractivity contribution is -0.119. The van der Waals surface area contributed by atoms with Gasteiger partial charge in [0.05, 0.1) is 11.8 Å². The highest BCUT2D eigenvalue weighted by molar-refractivity contribution is 8.00. The first kappa shape index (κ1) is 17.5. The summed E-state index contributed by atoms with van der Waals surface area (Å²) in [5.41, 5.74) is 1.05. The summed E-state index contributed by atoms with van der Waals surface area (Å²) in [5.74, 6) is -1.53. The minimum atomic E-state index is -0.903. The Bertz CT molecular complexity index is 661. The van der Waals surface area contributed by atoms with Crippen molar-refractivity contribution in [1.82, 2.24) is 5.32 Å². The molecule has 0 aromatic heterocycles. The van der Waals surface area contributed by atoms with Crippen LogP contribution in [0, 0.1) is 17.6 Å². The van der Waals surface area contributed by atoms with Crippen LogP contribution in [0.1, 0.15) is 25.5 Å². The number of hydrogen-bond acceptors (Lipinski definition) is 2. The highest BCUT2D eigenvalue weighted by atomic mass is 32.2. The van der Waals surface area contributed by atoms with Gasteiger partial charge in [0.2, 0.25) is 5.91 Å². The molecule has 1 atom stereocenters. The van der Waals surface area contributed by atoms with Crippen LogP contribution < -0.4 is 5.32 Å². The van der Waals surface area contributed by atoms with Crippen molar-refractivity contribution in [3.8, 4) is 0 Å². The van der Waals surface area contributed by atoms with Gasteiger partial charge in [0, 0.05) is 4.90 Å². The monoisotopic (exact) mass is 335 g/mol. The van der Waals surface area contributed by atoms with Crippen LogP contribution in [0.3, 0.4) is 0 Å². The molecule has 0 bridgehead atoms. The summed E-state index contributed by atoms with van der Waals surface area (Å²) in [6.45, 7) is 4.08. The summed E-state index contributed by atoms with van der Waals surface area (Å²) in [4.78, 5) is 12.7. The van der Waals surface area contributed by atoms with E-state index >= 15 is 0 Å².